The average molecular weight is 237 g/mol. The molecule has 0 aliphatic carbocycles. The van der Waals surface area contributed by atoms with Gasteiger partial charge in [0.2, 0.25) is 11.9 Å². The lowest BCUT2D eigenvalue weighted by Crippen LogP contribution is -2.27. The van der Waals surface area contributed by atoms with Gasteiger partial charge in [0, 0.05) is 24.4 Å². The smallest absolute Gasteiger partial charge is 0.232 e. The summed E-state index contributed by atoms with van der Waals surface area (Å²) in [6, 6.07) is 1.90. The zero-order valence-electron chi connectivity index (χ0n) is 9.47. The summed E-state index contributed by atoms with van der Waals surface area (Å²) < 4.78 is 0. The largest absolute Gasteiger partial charge is 0.280 e. The van der Waals surface area contributed by atoms with Gasteiger partial charge in [0.1, 0.15) is 0 Å². The van der Waals surface area contributed by atoms with Crippen LogP contribution in [0.3, 0.4) is 0 Å². The molecule has 86 valence electrons. The molecule has 1 aliphatic heterocycles. The second-order valence-electron chi connectivity index (χ2n) is 4.21. The third kappa shape index (κ3) is 2.19. The first-order valence-corrected chi connectivity index (χ1v) is 5.97. The van der Waals surface area contributed by atoms with Crippen molar-refractivity contribution in [3.63, 3.8) is 0 Å². The molecule has 1 amide bonds. The minimum atomic E-state index is 0.101. The van der Waals surface area contributed by atoms with Gasteiger partial charge >= 0.3 is 0 Å². The Balaban J connectivity index is 2.27. The van der Waals surface area contributed by atoms with Gasteiger partial charge in [-0.05, 0) is 31.6 Å². The van der Waals surface area contributed by atoms with Crippen molar-refractivity contribution < 1.29 is 4.79 Å². The van der Waals surface area contributed by atoms with Gasteiger partial charge in [-0.25, -0.2) is 9.97 Å². The molecule has 0 radical (unpaired) electrons. The summed E-state index contributed by atoms with van der Waals surface area (Å²) in [4.78, 5) is 22.1. The first-order valence-electron chi connectivity index (χ1n) is 5.33. The van der Waals surface area contributed by atoms with Crippen LogP contribution in [0.2, 0.25) is 0 Å². The first kappa shape index (κ1) is 11.4. The Bertz CT molecular complexity index is 401. The summed E-state index contributed by atoms with van der Waals surface area (Å²) in [7, 11) is 0. The Hall–Kier alpha value is -1.10. The summed E-state index contributed by atoms with van der Waals surface area (Å²) in [5.74, 6) is 1.68. The fourth-order valence-corrected chi connectivity index (χ4v) is 2.17. The van der Waals surface area contributed by atoms with E-state index in [0.29, 0.717) is 24.8 Å². The summed E-state index contributed by atoms with van der Waals surface area (Å²) in [5.41, 5.74) is 1.79. The van der Waals surface area contributed by atoms with E-state index < -0.39 is 0 Å². The molecule has 0 N–H and O–H groups in total. The third-order valence-corrected chi connectivity index (χ3v) is 3.19. The number of aryl methyl sites for hydroxylation is 2. The maximum absolute atomic E-state index is 11.8. The van der Waals surface area contributed by atoms with Crippen LogP contribution in [-0.4, -0.2) is 28.2 Å². The molecule has 16 heavy (non-hydrogen) atoms. The lowest BCUT2D eigenvalue weighted by atomic mass is 10.1. The van der Waals surface area contributed by atoms with Crippen LogP contribution in [0.5, 0.6) is 0 Å². The number of hydrogen-bond donors (Lipinski definition) is 1. The monoisotopic (exact) mass is 237 g/mol. The Labute approximate surface area is 100 Å². The summed E-state index contributed by atoms with van der Waals surface area (Å²) in [5, 5.41) is 0. The first-order chi connectivity index (χ1) is 7.60. The Morgan fingerprint density at radius 3 is 2.56 bits per heavy atom. The van der Waals surface area contributed by atoms with Crippen molar-refractivity contribution >= 4 is 24.5 Å². The normalized spacial score (nSPS) is 20.6. The lowest BCUT2D eigenvalue weighted by Gasteiger charge is -2.14. The molecule has 2 rings (SSSR count). The van der Waals surface area contributed by atoms with Crippen molar-refractivity contribution in [2.45, 2.75) is 20.3 Å². The molecule has 0 saturated carbocycles. The molecular formula is C11H15N3OS. The molecule has 1 saturated heterocycles. The van der Waals surface area contributed by atoms with E-state index in [1.165, 1.54) is 0 Å². The molecule has 1 aromatic heterocycles. The quantitative estimate of drug-likeness (QED) is 0.790. The fraction of sp³-hybridized carbons (Fsp3) is 0.545. The maximum Gasteiger partial charge on any atom is 0.232 e. The predicted molar refractivity (Wildman–Crippen MR) is 65.8 cm³/mol. The van der Waals surface area contributed by atoms with Crippen molar-refractivity contribution in [1.82, 2.24) is 9.97 Å². The molecule has 0 bridgehead atoms. The van der Waals surface area contributed by atoms with E-state index in [9.17, 15) is 4.79 Å². The third-order valence-electron chi connectivity index (χ3n) is 2.68. The highest BCUT2D eigenvalue weighted by Crippen LogP contribution is 2.23. The van der Waals surface area contributed by atoms with Gasteiger partial charge in [-0.1, -0.05) is 0 Å². The van der Waals surface area contributed by atoms with Crippen molar-refractivity contribution in [2.75, 3.05) is 17.2 Å². The number of hydrogen-bond acceptors (Lipinski definition) is 4. The van der Waals surface area contributed by atoms with Crippen molar-refractivity contribution in [3.8, 4) is 0 Å². The maximum atomic E-state index is 11.8. The Morgan fingerprint density at radius 2 is 2.06 bits per heavy atom. The van der Waals surface area contributed by atoms with Crippen LogP contribution < -0.4 is 4.90 Å². The molecular weight excluding hydrogens is 222 g/mol. The van der Waals surface area contributed by atoms with Crippen molar-refractivity contribution in [2.24, 2.45) is 5.92 Å². The summed E-state index contributed by atoms with van der Waals surface area (Å²) in [6.45, 7) is 4.51. The molecule has 2 heterocycles. The number of rotatable bonds is 2. The van der Waals surface area contributed by atoms with E-state index in [0.717, 1.165) is 17.1 Å². The number of carbonyl (C=O) groups is 1. The molecule has 0 spiro atoms. The second-order valence-corrected chi connectivity index (χ2v) is 4.57. The van der Waals surface area contributed by atoms with Gasteiger partial charge in [-0.2, -0.15) is 12.6 Å². The Morgan fingerprint density at radius 1 is 1.44 bits per heavy atom. The van der Waals surface area contributed by atoms with Crippen molar-refractivity contribution in [1.29, 1.82) is 0 Å². The lowest BCUT2D eigenvalue weighted by molar-refractivity contribution is -0.117. The van der Waals surface area contributed by atoms with Gasteiger partial charge in [-0.3, -0.25) is 9.69 Å². The van der Waals surface area contributed by atoms with E-state index in [1.807, 2.05) is 19.9 Å². The zero-order valence-corrected chi connectivity index (χ0v) is 10.4. The number of thiol groups is 1. The van der Waals surface area contributed by atoms with Crippen LogP contribution in [0, 0.1) is 19.8 Å². The highest BCUT2D eigenvalue weighted by molar-refractivity contribution is 7.80. The van der Waals surface area contributed by atoms with Gasteiger partial charge in [0.15, 0.2) is 0 Å². The van der Waals surface area contributed by atoms with E-state index in [1.54, 1.807) is 4.90 Å². The number of aromatic nitrogens is 2. The molecule has 1 fully saturated rings. The fourth-order valence-electron chi connectivity index (χ4n) is 1.93. The predicted octanol–water partition coefficient (Wildman–Crippen LogP) is 1.38. The highest BCUT2D eigenvalue weighted by Gasteiger charge is 2.31. The van der Waals surface area contributed by atoms with E-state index in [2.05, 4.69) is 22.6 Å². The molecule has 1 atom stereocenters. The zero-order chi connectivity index (χ0) is 11.7. The highest BCUT2D eigenvalue weighted by atomic mass is 32.1. The van der Waals surface area contributed by atoms with Gasteiger partial charge in [0.05, 0.1) is 0 Å². The SMILES string of the molecule is Cc1cc(C)nc(N2CC(CS)CC2=O)n1. The van der Waals surface area contributed by atoms with E-state index in [4.69, 9.17) is 0 Å². The Kier molecular flexibility index (Phi) is 3.14. The van der Waals surface area contributed by atoms with Gasteiger partial charge in [-0.15, -0.1) is 0 Å². The van der Waals surface area contributed by atoms with Crippen LogP contribution >= 0.6 is 12.6 Å². The number of anilines is 1. The van der Waals surface area contributed by atoms with Crippen LogP contribution in [0.4, 0.5) is 5.95 Å². The molecule has 1 aromatic rings. The standard InChI is InChI=1S/C11H15N3OS/c1-7-3-8(2)13-11(12-7)14-5-9(6-16)4-10(14)15/h3,9,16H,4-6H2,1-2H3. The molecule has 0 aromatic carbocycles. The number of amides is 1. The number of nitrogens with zero attached hydrogens (tertiary/aromatic N) is 3. The summed E-state index contributed by atoms with van der Waals surface area (Å²) in [6.07, 6.45) is 0.555. The van der Waals surface area contributed by atoms with Crippen LogP contribution in [0.15, 0.2) is 6.07 Å². The average Bonchev–Trinajstić information content (AvgIpc) is 2.58. The minimum Gasteiger partial charge on any atom is -0.280 e. The molecule has 1 unspecified atom stereocenters. The van der Waals surface area contributed by atoms with Crippen LogP contribution in [-0.2, 0) is 4.79 Å². The van der Waals surface area contributed by atoms with Crippen LogP contribution in [0.1, 0.15) is 17.8 Å². The minimum absolute atomic E-state index is 0.101. The topological polar surface area (TPSA) is 46.1 Å². The number of carbonyl (C=O) groups excluding carboxylic acids is 1. The van der Waals surface area contributed by atoms with Crippen molar-refractivity contribution in [3.05, 3.63) is 17.5 Å². The second kappa shape index (κ2) is 4.41. The molecule has 5 heteroatoms. The van der Waals surface area contributed by atoms with Gasteiger partial charge < -0.3 is 0 Å². The van der Waals surface area contributed by atoms with Crippen LogP contribution in [0.25, 0.3) is 0 Å². The van der Waals surface area contributed by atoms with E-state index >= 15 is 0 Å². The molecule has 1 aliphatic rings. The summed E-state index contributed by atoms with van der Waals surface area (Å²) >= 11 is 4.23. The van der Waals surface area contributed by atoms with E-state index in [-0.39, 0.29) is 5.91 Å². The molecule has 4 nitrogen and oxygen atoms in total. The van der Waals surface area contributed by atoms with Gasteiger partial charge in [0.25, 0.3) is 0 Å².